The lowest BCUT2D eigenvalue weighted by atomic mass is 10.1. The number of hydrogen-bond donors (Lipinski definition) is 3. The smallest absolute Gasteiger partial charge is 0.319 e. The number of urea groups is 1. The Morgan fingerprint density at radius 3 is 2.81 bits per heavy atom. The SMILES string of the molecule is COc1ccccc1NC(=O)NC1CC2C(=O)Nc3ccccc3N2C1. The molecule has 26 heavy (non-hydrogen) atoms. The summed E-state index contributed by atoms with van der Waals surface area (Å²) in [5.41, 5.74) is 2.41. The molecule has 7 heteroatoms. The quantitative estimate of drug-likeness (QED) is 0.792. The van der Waals surface area contributed by atoms with E-state index in [1.165, 1.54) is 0 Å². The van der Waals surface area contributed by atoms with Gasteiger partial charge in [-0.1, -0.05) is 24.3 Å². The molecule has 2 aliphatic heterocycles. The fourth-order valence-electron chi connectivity index (χ4n) is 3.59. The summed E-state index contributed by atoms with van der Waals surface area (Å²) in [6, 6.07) is 14.3. The van der Waals surface area contributed by atoms with Crippen molar-refractivity contribution in [3.05, 3.63) is 48.5 Å². The molecule has 0 aliphatic carbocycles. The van der Waals surface area contributed by atoms with Crippen LogP contribution >= 0.6 is 0 Å². The highest BCUT2D eigenvalue weighted by Gasteiger charge is 2.41. The summed E-state index contributed by atoms with van der Waals surface area (Å²) in [6.07, 6.45) is 0.569. The molecule has 3 N–H and O–H groups in total. The summed E-state index contributed by atoms with van der Waals surface area (Å²) in [6.45, 7) is 0.592. The standard InChI is InChI=1S/C19H20N4O3/c1-26-17-9-5-3-7-14(17)22-19(25)20-12-10-16-18(24)21-13-6-2-4-8-15(13)23(16)11-12/h2-9,12,16H,10-11H2,1H3,(H,21,24)(H2,20,22,25). The Bertz CT molecular complexity index is 854. The first-order valence-corrected chi connectivity index (χ1v) is 8.53. The van der Waals surface area contributed by atoms with Crippen molar-refractivity contribution in [1.29, 1.82) is 0 Å². The number of nitrogens with one attached hydrogen (secondary N) is 3. The number of benzene rings is 2. The van der Waals surface area contributed by atoms with Crippen molar-refractivity contribution in [1.82, 2.24) is 5.32 Å². The van der Waals surface area contributed by atoms with Gasteiger partial charge in [-0.05, 0) is 30.7 Å². The lowest BCUT2D eigenvalue weighted by molar-refractivity contribution is -0.117. The molecule has 7 nitrogen and oxygen atoms in total. The fourth-order valence-corrected chi connectivity index (χ4v) is 3.59. The number of methoxy groups -OCH3 is 1. The van der Waals surface area contributed by atoms with Crippen LogP contribution in [0.3, 0.4) is 0 Å². The summed E-state index contributed by atoms with van der Waals surface area (Å²) >= 11 is 0. The van der Waals surface area contributed by atoms with Crippen molar-refractivity contribution in [3.63, 3.8) is 0 Å². The first kappa shape index (κ1) is 16.3. The van der Waals surface area contributed by atoms with Gasteiger partial charge in [-0.25, -0.2) is 4.79 Å². The number of amides is 3. The first-order chi connectivity index (χ1) is 12.7. The lowest BCUT2D eigenvalue weighted by Crippen LogP contribution is -2.44. The minimum Gasteiger partial charge on any atom is -0.495 e. The Morgan fingerprint density at radius 2 is 1.96 bits per heavy atom. The summed E-state index contributed by atoms with van der Waals surface area (Å²) in [7, 11) is 1.56. The van der Waals surface area contributed by atoms with E-state index in [1.54, 1.807) is 19.2 Å². The van der Waals surface area contributed by atoms with Gasteiger partial charge in [-0.3, -0.25) is 4.79 Å². The lowest BCUT2D eigenvalue weighted by Gasteiger charge is -2.32. The molecule has 134 valence electrons. The van der Waals surface area contributed by atoms with Crippen LogP contribution in [0.2, 0.25) is 0 Å². The number of ether oxygens (including phenoxy) is 1. The largest absolute Gasteiger partial charge is 0.495 e. The molecule has 2 aromatic rings. The van der Waals surface area contributed by atoms with E-state index in [9.17, 15) is 9.59 Å². The topological polar surface area (TPSA) is 82.7 Å². The maximum absolute atomic E-state index is 12.4. The highest BCUT2D eigenvalue weighted by atomic mass is 16.5. The molecule has 0 saturated carbocycles. The molecule has 3 amide bonds. The molecular formula is C19H20N4O3. The first-order valence-electron chi connectivity index (χ1n) is 8.53. The van der Waals surface area contributed by atoms with Gasteiger partial charge in [0.1, 0.15) is 11.8 Å². The van der Waals surface area contributed by atoms with E-state index < -0.39 is 0 Å². The van der Waals surface area contributed by atoms with E-state index in [1.807, 2.05) is 36.4 Å². The molecule has 0 radical (unpaired) electrons. The van der Waals surface area contributed by atoms with Gasteiger partial charge in [0, 0.05) is 6.54 Å². The molecule has 0 aromatic heterocycles. The highest BCUT2D eigenvalue weighted by Crippen LogP contribution is 2.36. The highest BCUT2D eigenvalue weighted by molar-refractivity contribution is 6.04. The van der Waals surface area contributed by atoms with Crippen LogP contribution in [0.4, 0.5) is 21.9 Å². The number of anilines is 3. The maximum atomic E-state index is 12.4. The van der Waals surface area contributed by atoms with Crippen LogP contribution in [0.15, 0.2) is 48.5 Å². The van der Waals surface area contributed by atoms with Gasteiger partial charge >= 0.3 is 6.03 Å². The van der Waals surface area contributed by atoms with Crippen molar-refractivity contribution >= 4 is 29.0 Å². The molecule has 2 aromatic carbocycles. The Labute approximate surface area is 151 Å². The zero-order valence-corrected chi connectivity index (χ0v) is 14.4. The van der Waals surface area contributed by atoms with Crippen LogP contribution in [0.1, 0.15) is 6.42 Å². The van der Waals surface area contributed by atoms with Gasteiger partial charge in [0.2, 0.25) is 5.91 Å². The van der Waals surface area contributed by atoms with Crippen molar-refractivity contribution in [2.24, 2.45) is 0 Å². The van der Waals surface area contributed by atoms with Crippen LogP contribution < -0.4 is 25.6 Å². The van der Waals surface area contributed by atoms with Crippen LogP contribution in [0.5, 0.6) is 5.75 Å². The zero-order valence-electron chi connectivity index (χ0n) is 14.4. The molecule has 2 atom stereocenters. The van der Waals surface area contributed by atoms with Gasteiger partial charge in [0.15, 0.2) is 0 Å². The second-order valence-corrected chi connectivity index (χ2v) is 6.41. The molecule has 2 unspecified atom stereocenters. The maximum Gasteiger partial charge on any atom is 0.319 e. The Kier molecular flexibility index (Phi) is 4.12. The minimum absolute atomic E-state index is 0.0295. The van der Waals surface area contributed by atoms with Crippen molar-refractivity contribution < 1.29 is 14.3 Å². The third-order valence-corrected chi connectivity index (χ3v) is 4.77. The molecule has 2 heterocycles. The minimum atomic E-state index is -0.312. The molecule has 0 spiro atoms. The molecule has 4 rings (SSSR count). The zero-order chi connectivity index (χ0) is 18.1. The number of hydrogen-bond acceptors (Lipinski definition) is 4. The van der Waals surface area contributed by atoms with Gasteiger partial charge in [0.05, 0.1) is 30.2 Å². The van der Waals surface area contributed by atoms with Gasteiger partial charge in [-0.2, -0.15) is 0 Å². The van der Waals surface area contributed by atoms with Crippen molar-refractivity contribution in [2.75, 3.05) is 29.2 Å². The number of carbonyl (C=O) groups is 2. The summed E-state index contributed by atoms with van der Waals surface area (Å²) in [5.74, 6) is 0.568. The third kappa shape index (κ3) is 2.92. The molecule has 0 bridgehead atoms. The number of rotatable bonds is 3. The average molecular weight is 352 g/mol. The van der Waals surface area contributed by atoms with E-state index >= 15 is 0 Å². The van der Waals surface area contributed by atoms with Crippen LogP contribution in [-0.2, 0) is 4.79 Å². The molecule has 2 aliphatic rings. The van der Waals surface area contributed by atoms with Crippen LogP contribution in [0, 0.1) is 0 Å². The molecule has 1 saturated heterocycles. The average Bonchev–Trinajstić information content (AvgIpc) is 3.06. The monoisotopic (exact) mass is 352 g/mol. The number of fused-ring (bicyclic) bond motifs is 3. The summed E-state index contributed by atoms with van der Waals surface area (Å²) in [4.78, 5) is 26.8. The molecular weight excluding hydrogens is 332 g/mol. The van der Waals surface area contributed by atoms with E-state index in [-0.39, 0.29) is 24.0 Å². The van der Waals surface area contributed by atoms with Crippen LogP contribution in [0.25, 0.3) is 0 Å². The second kappa shape index (κ2) is 6.59. The Hall–Kier alpha value is -3.22. The molecule has 1 fully saturated rings. The van der Waals surface area contributed by atoms with Gasteiger partial charge < -0.3 is 25.6 Å². The normalized spacial score (nSPS) is 20.7. The van der Waals surface area contributed by atoms with Gasteiger partial charge in [0.25, 0.3) is 0 Å². The van der Waals surface area contributed by atoms with E-state index in [2.05, 4.69) is 20.9 Å². The van der Waals surface area contributed by atoms with Crippen molar-refractivity contribution in [3.8, 4) is 5.75 Å². The Balaban J connectivity index is 1.44. The fraction of sp³-hybridized carbons (Fsp3) is 0.263. The number of carbonyl (C=O) groups excluding carboxylic acids is 2. The summed E-state index contributed by atoms with van der Waals surface area (Å²) in [5, 5.41) is 8.70. The number of para-hydroxylation sites is 4. The van der Waals surface area contributed by atoms with Crippen molar-refractivity contribution in [2.45, 2.75) is 18.5 Å². The van der Waals surface area contributed by atoms with E-state index in [4.69, 9.17) is 4.74 Å². The van der Waals surface area contributed by atoms with Crippen LogP contribution in [-0.4, -0.2) is 37.7 Å². The van der Waals surface area contributed by atoms with Gasteiger partial charge in [-0.15, -0.1) is 0 Å². The van der Waals surface area contributed by atoms with E-state index in [0.29, 0.717) is 24.4 Å². The van der Waals surface area contributed by atoms with E-state index in [0.717, 1.165) is 11.4 Å². The third-order valence-electron chi connectivity index (χ3n) is 4.77. The predicted octanol–water partition coefficient (Wildman–Crippen LogP) is 2.42. The Morgan fingerprint density at radius 1 is 1.19 bits per heavy atom. The predicted molar refractivity (Wildman–Crippen MR) is 99.8 cm³/mol. The number of nitrogens with zero attached hydrogens (tertiary/aromatic N) is 1. The second-order valence-electron chi connectivity index (χ2n) is 6.41. The summed E-state index contributed by atoms with van der Waals surface area (Å²) < 4.78 is 5.24.